The summed E-state index contributed by atoms with van der Waals surface area (Å²) in [7, 11) is 0. The first-order chi connectivity index (χ1) is 14.4. The van der Waals surface area contributed by atoms with Crippen molar-refractivity contribution in [3.63, 3.8) is 0 Å². The van der Waals surface area contributed by atoms with Crippen LogP contribution < -0.4 is 11.5 Å². The van der Waals surface area contributed by atoms with Crippen molar-refractivity contribution in [2.45, 2.75) is 45.1 Å². The molecule has 0 bridgehead atoms. The van der Waals surface area contributed by atoms with E-state index < -0.39 is 53.6 Å². The van der Waals surface area contributed by atoms with E-state index >= 15 is 0 Å². The number of primary amides is 1. The number of aromatic nitrogens is 1. The standard InChI is InChI=1S/C18H20BrFN2O5/c1-18(2,3)27-15(23)7-6-13(16(21)24)22-9-14(26-17(22)25)11-5-4-10(19)8-12(11)20/h4-5,8-9,13H,6-7H2,1-3H3,(H2,21,24)/i6D2,7D2,13D. The van der Waals surface area contributed by atoms with E-state index in [4.69, 9.17) is 21.7 Å². The quantitative estimate of drug-likeness (QED) is 0.684. The maximum absolute atomic E-state index is 14.3. The molecule has 2 N–H and O–H groups in total. The summed E-state index contributed by atoms with van der Waals surface area (Å²) >= 11 is 3.06. The molecule has 0 fully saturated rings. The van der Waals surface area contributed by atoms with Crippen molar-refractivity contribution in [1.82, 2.24) is 4.57 Å². The molecule has 1 heterocycles. The molecule has 1 atom stereocenters. The van der Waals surface area contributed by atoms with Crippen LogP contribution in [0.5, 0.6) is 0 Å². The van der Waals surface area contributed by atoms with Crippen LogP contribution in [0.15, 0.2) is 38.1 Å². The summed E-state index contributed by atoms with van der Waals surface area (Å²) in [6.07, 6.45) is -6.70. The van der Waals surface area contributed by atoms with Gasteiger partial charge in [0.05, 0.1) is 13.1 Å². The highest BCUT2D eigenvalue weighted by Crippen LogP contribution is 2.26. The van der Waals surface area contributed by atoms with E-state index in [9.17, 15) is 18.8 Å². The molecule has 1 unspecified atom stereocenters. The van der Waals surface area contributed by atoms with Crippen LogP contribution in [-0.2, 0) is 14.3 Å². The van der Waals surface area contributed by atoms with Crippen LogP contribution in [0.2, 0.25) is 0 Å². The van der Waals surface area contributed by atoms with Gasteiger partial charge in [-0.15, -0.1) is 0 Å². The first-order valence-electron chi connectivity index (χ1n) is 10.1. The third kappa shape index (κ3) is 5.53. The Kier molecular flexibility index (Phi) is 4.37. The largest absolute Gasteiger partial charge is 0.460 e. The van der Waals surface area contributed by atoms with Crippen molar-refractivity contribution < 1.29 is 30.0 Å². The van der Waals surface area contributed by atoms with Crippen LogP contribution in [0, 0.1) is 5.82 Å². The Morgan fingerprint density at radius 2 is 2.15 bits per heavy atom. The van der Waals surface area contributed by atoms with Crippen molar-refractivity contribution in [3.8, 4) is 11.3 Å². The number of halogens is 2. The molecule has 1 aromatic heterocycles. The van der Waals surface area contributed by atoms with Crippen LogP contribution in [0.4, 0.5) is 4.39 Å². The summed E-state index contributed by atoms with van der Waals surface area (Å²) in [5.41, 5.74) is 3.73. The first-order valence-corrected chi connectivity index (χ1v) is 8.37. The zero-order valence-electron chi connectivity index (χ0n) is 19.6. The molecule has 9 heteroatoms. The van der Waals surface area contributed by atoms with Gasteiger partial charge in [-0.25, -0.2) is 9.18 Å². The van der Waals surface area contributed by atoms with Gasteiger partial charge in [-0.1, -0.05) is 15.9 Å². The van der Waals surface area contributed by atoms with Crippen LogP contribution in [0.3, 0.4) is 0 Å². The van der Waals surface area contributed by atoms with Gasteiger partial charge < -0.3 is 14.9 Å². The van der Waals surface area contributed by atoms with E-state index in [0.717, 1.165) is 6.07 Å². The molecule has 0 spiro atoms. The normalized spacial score (nSPS) is 17.6. The first kappa shape index (κ1) is 14.6. The van der Waals surface area contributed by atoms with Crippen LogP contribution in [-0.4, -0.2) is 22.0 Å². The molecule has 0 saturated heterocycles. The number of hydrogen-bond donors (Lipinski definition) is 1. The van der Waals surface area contributed by atoms with Crippen molar-refractivity contribution in [1.29, 1.82) is 0 Å². The zero-order valence-corrected chi connectivity index (χ0v) is 16.2. The summed E-state index contributed by atoms with van der Waals surface area (Å²) < 4.78 is 65.3. The fraction of sp³-hybridized carbons (Fsp3) is 0.389. The van der Waals surface area contributed by atoms with E-state index in [1.54, 1.807) is 0 Å². The maximum Gasteiger partial charge on any atom is 0.420 e. The van der Waals surface area contributed by atoms with Gasteiger partial charge in [-0.3, -0.25) is 14.2 Å². The van der Waals surface area contributed by atoms with E-state index in [0.29, 0.717) is 10.7 Å². The summed E-state index contributed by atoms with van der Waals surface area (Å²) in [5.74, 6) is -6.35. The van der Waals surface area contributed by atoms with Gasteiger partial charge in [0.15, 0.2) is 5.76 Å². The van der Waals surface area contributed by atoms with Gasteiger partial charge in [-0.2, -0.15) is 0 Å². The lowest BCUT2D eigenvalue weighted by molar-refractivity contribution is -0.155. The lowest BCUT2D eigenvalue weighted by Crippen LogP contribution is -2.32. The summed E-state index contributed by atoms with van der Waals surface area (Å²) in [5, 5.41) is 0. The molecule has 0 saturated carbocycles. The molecule has 0 aliphatic carbocycles. The molecule has 0 aliphatic heterocycles. The fourth-order valence-electron chi connectivity index (χ4n) is 1.96. The Bertz CT molecular complexity index is 1130. The van der Waals surface area contributed by atoms with E-state index in [2.05, 4.69) is 15.9 Å². The highest BCUT2D eigenvalue weighted by Gasteiger charge is 2.25. The number of carbonyl (C=O) groups excluding carboxylic acids is 2. The number of carbonyl (C=O) groups is 2. The second-order valence-electron chi connectivity index (χ2n) is 6.32. The van der Waals surface area contributed by atoms with Gasteiger partial charge in [0.2, 0.25) is 5.91 Å². The number of hydrogen-bond acceptors (Lipinski definition) is 5. The molecular formula is C18H20BrFN2O5. The van der Waals surface area contributed by atoms with Crippen molar-refractivity contribution >= 4 is 27.8 Å². The minimum absolute atomic E-state index is 0.0777. The summed E-state index contributed by atoms with van der Waals surface area (Å²) in [4.78, 5) is 37.1. The number of amides is 1. The number of benzene rings is 1. The molecule has 7 nitrogen and oxygen atoms in total. The van der Waals surface area contributed by atoms with Crippen LogP contribution in [0.25, 0.3) is 11.3 Å². The Morgan fingerprint density at radius 3 is 2.70 bits per heavy atom. The molecule has 2 rings (SSSR count). The third-order valence-electron chi connectivity index (χ3n) is 2.99. The molecule has 1 aromatic carbocycles. The topological polar surface area (TPSA) is 105 Å². The van der Waals surface area contributed by atoms with Crippen LogP contribution >= 0.6 is 15.9 Å². The van der Waals surface area contributed by atoms with Gasteiger partial charge in [-0.05, 0) is 45.3 Å². The number of oxazole rings is 1. The lowest BCUT2D eigenvalue weighted by atomic mass is 10.1. The van der Waals surface area contributed by atoms with Gasteiger partial charge in [0.1, 0.15) is 17.4 Å². The Labute approximate surface area is 170 Å². The minimum atomic E-state index is -3.74. The number of esters is 1. The molecule has 0 radical (unpaired) electrons. The average Bonchev–Trinajstić information content (AvgIpc) is 3.00. The molecule has 2 aromatic rings. The van der Waals surface area contributed by atoms with Gasteiger partial charge >= 0.3 is 11.7 Å². The fourth-order valence-corrected chi connectivity index (χ4v) is 2.30. The Balaban J connectivity index is 2.69. The predicted octanol–water partition coefficient (Wildman–Crippen LogP) is 3.16. The Hall–Kier alpha value is -2.42. The van der Waals surface area contributed by atoms with Gasteiger partial charge in [0, 0.05) is 16.3 Å². The lowest BCUT2D eigenvalue weighted by Gasteiger charge is -2.20. The van der Waals surface area contributed by atoms with E-state index in [-0.39, 0.29) is 10.1 Å². The predicted molar refractivity (Wildman–Crippen MR) is 99.4 cm³/mol. The molecular weight excluding hydrogens is 423 g/mol. The second-order valence-corrected chi connectivity index (χ2v) is 7.24. The van der Waals surface area contributed by atoms with E-state index in [1.165, 1.54) is 32.9 Å². The molecule has 27 heavy (non-hydrogen) atoms. The van der Waals surface area contributed by atoms with E-state index in [1.807, 2.05) is 0 Å². The highest BCUT2D eigenvalue weighted by molar-refractivity contribution is 9.10. The number of nitrogens with zero attached hydrogens (tertiary/aromatic N) is 1. The molecule has 146 valence electrons. The van der Waals surface area contributed by atoms with Crippen molar-refractivity contribution in [2.75, 3.05) is 0 Å². The Morgan fingerprint density at radius 1 is 1.48 bits per heavy atom. The maximum atomic E-state index is 14.3. The summed E-state index contributed by atoms with van der Waals surface area (Å²) in [6, 6.07) is 0.165. The number of nitrogens with two attached hydrogens (primary N) is 1. The number of rotatable bonds is 6. The SMILES string of the molecule is [2H]C([2H])(C(=O)OC(C)(C)C)C([2H])([2H])C([2H])(C(N)=O)n1cc(-c2ccc(Br)cc2F)oc1=O. The number of ether oxygens (including phenoxy) is 1. The second kappa shape index (κ2) is 8.08. The average molecular weight is 448 g/mol. The third-order valence-corrected chi connectivity index (χ3v) is 3.49. The molecule has 1 amide bonds. The van der Waals surface area contributed by atoms with Crippen molar-refractivity contribution in [3.05, 3.63) is 45.2 Å². The zero-order chi connectivity index (χ0) is 24.9. The van der Waals surface area contributed by atoms with Gasteiger partial charge in [0.25, 0.3) is 0 Å². The summed E-state index contributed by atoms with van der Waals surface area (Å²) in [6.45, 7) is 4.20. The minimum Gasteiger partial charge on any atom is -0.460 e. The van der Waals surface area contributed by atoms with Crippen molar-refractivity contribution in [2.24, 2.45) is 5.73 Å². The smallest absolute Gasteiger partial charge is 0.420 e. The highest BCUT2D eigenvalue weighted by atomic mass is 79.9. The molecule has 0 aliphatic rings. The van der Waals surface area contributed by atoms with Crippen LogP contribution in [0.1, 0.15) is 46.4 Å². The monoisotopic (exact) mass is 447 g/mol.